The molecule has 0 radical (unpaired) electrons. The van der Waals surface area contributed by atoms with Crippen LogP contribution in [0.5, 0.6) is 0 Å². The Morgan fingerprint density at radius 1 is 1.05 bits per heavy atom. The minimum Gasteiger partial charge on any atom is -0.478 e. The third-order valence-electron chi connectivity index (χ3n) is 2.70. The standard InChI is InChI=1S/C14H10Br2N2O3/c15-7-1-3-11(16)9(5-7)13(19)18-12-4-2-8(17)6-10(12)14(20)21/h1-6H,17H2,(H,18,19)(H,20,21). The molecule has 0 aromatic heterocycles. The highest BCUT2D eigenvalue weighted by Gasteiger charge is 2.16. The van der Waals surface area contributed by atoms with Crippen LogP contribution in [0.2, 0.25) is 0 Å². The first-order valence-corrected chi connectivity index (χ1v) is 7.36. The Labute approximate surface area is 137 Å². The van der Waals surface area contributed by atoms with E-state index < -0.39 is 11.9 Å². The predicted octanol–water partition coefficient (Wildman–Crippen LogP) is 3.74. The summed E-state index contributed by atoms with van der Waals surface area (Å²) in [7, 11) is 0. The molecule has 108 valence electrons. The number of carbonyl (C=O) groups is 2. The lowest BCUT2D eigenvalue weighted by Gasteiger charge is -2.10. The first-order valence-electron chi connectivity index (χ1n) is 5.77. The number of aromatic carboxylic acids is 1. The molecule has 0 bridgehead atoms. The second-order valence-electron chi connectivity index (χ2n) is 4.19. The summed E-state index contributed by atoms with van der Waals surface area (Å²) in [5.41, 5.74) is 6.39. The molecule has 0 heterocycles. The van der Waals surface area contributed by atoms with E-state index in [1.165, 1.54) is 18.2 Å². The van der Waals surface area contributed by atoms with Crippen LogP contribution in [0.3, 0.4) is 0 Å². The zero-order chi connectivity index (χ0) is 15.6. The first-order chi connectivity index (χ1) is 9.88. The Kier molecular flexibility index (Phi) is 4.64. The number of carbonyl (C=O) groups excluding carboxylic acids is 1. The number of halogens is 2. The molecule has 0 saturated carbocycles. The van der Waals surface area contributed by atoms with E-state index in [1.807, 2.05) is 0 Å². The van der Waals surface area contributed by atoms with Crippen molar-refractivity contribution in [2.24, 2.45) is 0 Å². The Hall–Kier alpha value is -1.86. The SMILES string of the molecule is Nc1ccc(NC(=O)c2cc(Br)ccc2Br)c(C(=O)O)c1. The first kappa shape index (κ1) is 15.5. The van der Waals surface area contributed by atoms with Gasteiger partial charge >= 0.3 is 5.97 Å². The van der Waals surface area contributed by atoms with E-state index in [0.717, 1.165) is 4.47 Å². The Morgan fingerprint density at radius 2 is 1.76 bits per heavy atom. The van der Waals surface area contributed by atoms with Crippen molar-refractivity contribution in [2.45, 2.75) is 0 Å². The number of nitrogen functional groups attached to an aromatic ring is 1. The molecule has 0 spiro atoms. The fraction of sp³-hybridized carbons (Fsp3) is 0. The summed E-state index contributed by atoms with van der Waals surface area (Å²) in [6.07, 6.45) is 0. The van der Waals surface area contributed by atoms with Crippen molar-refractivity contribution < 1.29 is 14.7 Å². The number of nitrogens with one attached hydrogen (secondary N) is 1. The van der Waals surface area contributed by atoms with Crippen LogP contribution >= 0.6 is 31.9 Å². The molecule has 0 unspecified atom stereocenters. The highest BCUT2D eigenvalue weighted by atomic mass is 79.9. The van der Waals surface area contributed by atoms with Gasteiger partial charge in [-0.1, -0.05) is 15.9 Å². The van der Waals surface area contributed by atoms with Gasteiger partial charge in [0.15, 0.2) is 0 Å². The summed E-state index contributed by atoms with van der Waals surface area (Å²) in [4.78, 5) is 23.5. The van der Waals surface area contributed by atoms with E-state index in [1.54, 1.807) is 18.2 Å². The van der Waals surface area contributed by atoms with Crippen molar-refractivity contribution in [2.75, 3.05) is 11.1 Å². The molecule has 0 fully saturated rings. The number of benzene rings is 2. The molecular formula is C14H10Br2N2O3. The van der Waals surface area contributed by atoms with Crippen molar-refractivity contribution in [1.82, 2.24) is 0 Å². The number of carboxylic acid groups (broad SMARTS) is 1. The lowest BCUT2D eigenvalue weighted by Crippen LogP contribution is -2.15. The number of carboxylic acids is 1. The lowest BCUT2D eigenvalue weighted by molar-refractivity contribution is 0.0698. The van der Waals surface area contributed by atoms with Gasteiger partial charge in [0.2, 0.25) is 0 Å². The quantitative estimate of drug-likeness (QED) is 0.668. The van der Waals surface area contributed by atoms with Crippen molar-refractivity contribution in [3.8, 4) is 0 Å². The molecule has 0 aliphatic carbocycles. The van der Waals surface area contributed by atoms with Gasteiger partial charge in [-0.2, -0.15) is 0 Å². The summed E-state index contributed by atoms with van der Waals surface area (Å²) in [5.74, 6) is -1.58. The van der Waals surface area contributed by atoms with E-state index in [2.05, 4.69) is 37.2 Å². The van der Waals surface area contributed by atoms with Gasteiger partial charge < -0.3 is 16.2 Å². The van der Waals surface area contributed by atoms with Crippen LogP contribution in [-0.2, 0) is 0 Å². The molecule has 2 rings (SSSR count). The van der Waals surface area contributed by atoms with Crippen molar-refractivity contribution in [3.05, 3.63) is 56.5 Å². The molecular weight excluding hydrogens is 404 g/mol. The zero-order valence-electron chi connectivity index (χ0n) is 10.6. The number of hydrogen-bond acceptors (Lipinski definition) is 3. The van der Waals surface area contributed by atoms with Gasteiger partial charge in [0.25, 0.3) is 5.91 Å². The maximum atomic E-state index is 12.3. The monoisotopic (exact) mass is 412 g/mol. The molecule has 2 aromatic rings. The molecule has 1 amide bonds. The van der Waals surface area contributed by atoms with Crippen LogP contribution in [0.25, 0.3) is 0 Å². The van der Waals surface area contributed by atoms with Crippen LogP contribution in [0.4, 0.5) is 11.4 Å². The van der Waals surface area contributed by atoms with Crippen LogP contribution in [0.1, 0.15) is 20.7 Å². The van der Waals surface area contributed by atoms with Crippen molar-refractivity contribution >= 4 is 55.1 Å². The summed E-state index contributed by atoms with van der Waals surface area (Å²) in [6, 6.07) is 9.43. The molecule has 0 aliphatic rings. The largest absolute Gasteiger partial charge is 0.478 e. The number of rotatable bonds is 3. The number of anilines is 2. The second kappa shape index (κ2) is 6.28. The molecule has 2 aromatic carbocycles. The molecule has 7 heteroatoms. The highest BCUT2D eigenvalue weighted by Crippen LogP contribution is 2.24. The van der Waals surface area contributed by atoms with Crippen LogP contribution in [0.15, 0.2) is 45.3 Å². The number of amides is 1. The maximum absolute atomic E-state index is 12.3. The van der Waals surface area contributed by atoms with Crippen LogP contribution < -0.4 is 11.1 Å². The third kappa shape index (κ3) is 3.62. The van der Waals surface area contributed by atoms with E-state index in [0.29, 0.717) is 15.7 Å². The lowest BCUT2D eigenvalue weighted by atomic mass is 10.1. The summed E-state index contributed by atoms with van der Waals surface area (Å²) < 4.78 is 1.35. The third-order valence-corrected chi connectivity index (χ3v) is 3.88. The topological polar surface area (TPSA) is 92.4 Å². The van der Waals surface area contributed by atoms with E-state index in [4.69, 9.17) is 10.8 Å². The zero-order valence-corrected chi connectivity index (χ0v) is 13.7. The average molecular weight is 414 g/mol. The van der Waals surface area contributed by atoms with E-state index in [9.17, 15) is 9.59 Å². The van der Waals surface area contributed by atoms with E-state index in [-0.39, 0.29) is 11.3 Å². The van der Waals surface area contributed by atoms with Gasteiger partial charge in [-0.25, -0.2) is 4.79 Å². The smallest absolute Gasteiger partial charge is 0.337 e. The summed E-state index contributed by atoms with van der Waals surface area (Å²) >= 11 is 6.57. The Morgan fingerprint density at radius 3 is 2.43 bits per heavy atom. The predicted molar refractivity (Wildman–Crippen MR) is 87.6 cm³/mol. The van der Waals surface area contributed by atoms with Crippen molar-refractivity contribution in [3.63, 3.8) is 0 Å². The molecule has 0 saturated heterocycles. The Balaban J connectivity index is 2.36. The van der Waals surface area contributed by atoms with Gasteiger partial charge in [-0.05, 0) is 52.3 Å². The van der Waals surface area contributed by atoms with Gasteiger partial charge in [0.1, 0.15) is 0 Å². The Bertz CT molecular complexity index is 732. The fourth-order valence-electron chi connectivity index (χ4n) is 1.71. The van der Waals surface area contributed by atoms with Crippen molar-refractivity contribution in [1.29, 1.82) is 0 Å². The van der Waals surface area contributed by atoms with Gasteiger partial charge in [0, 0.05) is 14.6 Å². The maximum Gasteiger partial charge on any atom is 0.337 e. The van der Waals surface area contributed by atoms with Gasteiger partial charge in [0.05, 0.1) is 16.8 Å². The number of hydrogen-bond donors (Lipinski definition) is 3. The van der Waals surface area contributed by atoms with Gasteiger partial charge in [-0.3, -0.25) is 4.79 Å². The average Bonchev–Trinajstić information content (AvgIpc) is 2.43. The second-order valence-corrected chi connectivity index (χ2v) is 5.96. The molecule has 0 aliphatic heterocycles. The van der Waals surface area contributed by atoms with Crippen LogP contribution in [-0.4, -0.2) is 17.0 Å². The van der Waals surface area contributed by atoms with E-state index >= 15 is 0 Å². The normalized spacial score (nSPS) is 10.2. The summed E-state index contributed by atoms with van der Waals surface area (Å²) in [5, 5.41) is 11.7. The highest BCUT2D eigenvalue weighted by molar-refractivity contribution is 9.11. The van der Waals surface area contributed by atoms with Crippen LogP contribution in [0, 0.1) is 0 Å². The minimum atomic E-state index is -1.16. The molecule has 5 nitrogen and oxygen atoms in total. The molecule has 21 heavy (non-hydrogen) atoms. The summed E-state index contributed by atoms with van der Waals surface area (Å²) in [6.45, 7) is 0. The number of nitrogens with two attached hydrogens (primary N) is 1. The van der Waals surface area contributed by atoms with Gasteiger partial charge in [-0.15, -0.1) is 0 Å². The molecule has 0 atom stereocenters. The fourth-order valence-corrected chi connectivity index (χ4v) is 2.50. The minimum absolute atomic E-state index is 0.0607. The molecule has 4 N–H and O–H groups in total.